The third-order valence-electron chi connectivity index (χ3n) is 2.51. The third kappa shape index (κ3) is 2.49. The maximum Gasteiger partial charge on any atom is 0.147 e. The highest BCUT2D eigenvalue weighted by atomic mass is 32.1. The lowest BCUT2D eigenvalue weighted by Gasteiger charge is -2.25. The SMILES string of the molecule is CC(C)(Nc1ccc(C#N)cc1F)c1nccs1. The minimum atomic E-state index is -0.455. The van der Waals surface area contributed by atoms with Crippen LogP contribution in [0.1, 0.15) is 24.4 Å². The fourth-order valence-electron chi connectivity index (χ4n) is 1.61. The summed E-state index contributed by atoms with van der Waals surface area (Å²) >= 11 is 1.51. The Morgan fingerprint density at radius 1 is 1.44 bits per heavy atom. The van der Waals surface area contributed by atoms with Crippen molar-refractivity contribution >= 4 is 17.0 Å². The quantitative estimate of drug-likeness (QED) is 0.919. The van der Waals surface area contributed by atoms with Gasteiger partial charge in [-0.1, -0.05) is 0 Å². The minimum absolute atomic E-state index is 0.310. The number of halogens is 1. The molecule has 0 spiro atoms. The summed E-state index contributed by atoms with van der Waals surface area (Å²) in [6.07, 6.45) is 1.72. The van der Waals surface area contributed by atoms with Crippen molar-refractivity contribution < 1.29 is 4.39 Å². The van der Waals surface area contributed by atoms with Crippen LogP contribution in [0.3, 0.4) is 0 Å². The van der Waals surface area contributed by atoms with Gasteiger partial charge in [-0.2, -0.15) is 5.26 Å². The van der Waals surface area contributed by atoms with Gasteiger partial charge in [-0.05, 0) is 32.0 Å². The van der Waals surface area contributed by atoms with Crippen LogP contribution in [0.5, 0.6) is 0 Å². The molecule has 0 fully saturated rings. The van der Waals surface area contributed by atoms with Gasteiger partial charge in [-0.15, -0.1) is 11.3 Å². The second-order valence-electron chi connectivity index (χ2n) is 4.39. The lowest BCUT2D eigenvalue weighted by molar-refractivity contribution is 0.581. The van der Waals surface area contributed by atoms with E-state index in [0.29, 0.717) is 11.3 Å². The Kier molecular flexibility index (Phi) is 3.30. The first-order valence-corrected chi connectivity index (χ1v) is 6.29. The zero-order valence-electron chi connectivity index (χ0n) is 10.1. The van der Waals surface area contributed by atoms with E-state index < -0.39 is 11.4 Å². The predicted octanol–water partition coefficient (Wildman–Crippen LogP) is 3.50. The molecule has 1 aromatic heterocycles. The zero-order chi connectivity index (χ0) is 13.2. The van der Waals surface area contributed by atoms with Crippen molar-refractivity contribution in [1.29, 1.82) is 5.26 Å². The molecule has 0 amide bonds. The van der Waals surface area contributed by atoms with Crippen LogP contribution in [0.15, 0.2) is 29.8 Å². The molecule has 92 valence electrons. The average molecular weight is 261 g/mol. The van der Waals surface area contributed by atoms with Crippen LogP contribution in [0.25, 0.3) is 0 Å². The Morgan fingerprint density at radius 2 is 2.22 bits per heavy atom. The van der Waals surface area contributed by atoms with Gasteiger partial charge in [0.25, 0.3) is 0 Å². The number of nitrogens with zero attached hydrogens (tertiary/aromatic N) is 2. The van der Waals surface area contributed by atoms with Crippen molar-refractivity contribution in [3.8, 4) is 6.07 Å². The van der Waals surface area contributed by atoms with E-state index in [1.807, 2.05) is 25.3 Å². The van der Waals surface area contributed by atoms with Crippen LogP contribution >= 0.6 is 11.3 Å². The summed E-state index contributed by atoms with van der Waals surface area (Å²) < 4.78 is 13.8. The summed E-state index contributed by atoms with van der Waals surface area (Å²) in [5.41, 5.74) is 0.225. The summed E-state index contributed by atoms with van der Waals surface area (Å²) in [6, 6.07) is 6.29. The molecule has 5 heteroatoms. The summed E-state index contributed by atoms with van der Waals surface area (Å²) in [7, 11) is 0. The van der Waals surface area contributed by atoms with E-state index in [2.05, 4.69) is 10.3 Å². The lowest BCUT2D eigenvalue weighted by atomic mass is 10.1. The molecule has 0 radical (unpaired) electrons. The fourth-order valence-corrected chi connectivity index (χ4v) is 2.33. The van der Waals surface area contributed by atoms with Crippen molar-refractivity contribution in [3.05, 3.63) is 46.2 Å². The lowest BCUT2D eigenvalue weighted by Crippen LogP contribution is -2.28. The van der Waals surface area contributed by atoms with E-state index in [4.69, 9.17) is 5.26 Å². The number of nitrogens with one attached hydrogen (secondary N) is 1. The first-order chi connectivity index (χ1) is 8.53. The molecule has 0 atom stereocenters. The molecule has 0 saturated carbocycles. The molecule has 0 aliphatic carbocycles. The van der Waals surface area contributed by atoms with Gasteiger partial charge >= 0.3 is 0 Å². The maximum absolute atomic E-state index is 13.8. The smallest absolute Gasteiger partial charge is 0.147 e. The molecule has 18 heavy (non-hydrogen) atoms. The molecule has 1 N–H and O–H groups in total. The Balaban J connectivity index is 2.27. The molecule has 3 nitrogen and oxygen atoms in total. The van der Waals surface area contributed by atoms with Gasteiger partial charge in [-0.25, -0.2) is 9.37 Å². The molecule has 0 aliphatic heterocycles. The number of thiazole rings is 1. The molecule has 1 heterocycles. The van der Waals surface area contributed by atoms with E-state index in [-0.39, 0.29) is 0 Å². The highest BCUT2D eigenvalue weighted by Crippen LogP contribution is 2.28. The number of nitriles is 1. The largest absolute Gasteiger partial charge is 0.371 e. The molecule has 0 aliphatic rings. The Morgan fingerprint density at radius 3 is 2.78 bits per heavy atom. The Bertz CT molecular complexity index is 585. The van der Waals surface area contributed by atoms with Gasteiger partial charge in [0, 0.05) is 11.6 Å². The number of anilines is 1. The van der Waals surface area contributed by atoms with Crippen LogP contribution in [-0.4, -0.2) is 4.98 Å². The monoisotopic (exact) mass is 261 g/mol. The Hall–Kier alpha value is -1.93. The van der Waals surface area contributed by atoms with Crippen molar-refractivity contribution in [1.82, 2.24) is 4.98 Å². The van der Waals surface area contributed by atoms with Gasteiger partial charge in [-0.3, -0.25) is 0 Å². The summed E-state index contributed by atoms with van der Waals surface area (Å²) in [5, 5.41) is 14.6. The van der Waals surface area contributed by atoms with Gasteiger partial charge in [0.05, 0.1) is 22.9 Å². The molecule has 0 unspecified atom stereocenters. The average Bonchev–Trinajstić information content (AvgIpc) is 2.86. The predicted molar refractivity (Wildman–Crippen MR) is 69.9 cm³/mol. The first-order valence-electron chi connectivity index (χ1n) is 5.41. The summed E-state index contributed by atoms with van der Waals surface area (Å²) in [5.74, 6) is -0.432. The normalized spacial score (nSPS) is 11.0. The topological polar surface area (TPSA) is 48.7 Å². The van der Waals surface area contributed by atoms with Gasteiger partial charge < -0.3 is 5.32 Å². The van der Waals surface area contributed by atoms with E-state index in [1.165, 1.54) is 17.4 Å². The van der Waals surface area contributed by atoms with Crippen molar-refractivity contribution in [2.75, 3.05) is 5.32 Å². The van der Waals surface area contributed by atoms with E-state index in [9.17, 15) is 4.39 Å². The van der Waals surface area contributed by atoms with Crippen molar-refractivity contribution in [2.45, 2.75) is 19.4 Å². The second kappa shape index (κ2) is 4.75. The van der Waals surface area contributed by atoms with Crippen LogP contribution in [0, 0.1) is 17.1 Å². The van der Waals surface area contributed by atoms with Crippen molar-refractivity contribution in [3.63, 3.8) is 0 Å². The summed E-state index contributed by atoms with van der Waals surface area (Å²) in [6.45, 7) is 3.87. The first kappa shape index (κ1) is 12.5. The number of hydrogen-bond donors (Lipinski definition) is 1. The second-order valence-corrected chi connectivity index (χ2v) is 5.29. The number of benzene rings is 1. The van der Waals surface area contributed by atoms with E-state index in [0.717, 1.165) is 5.01 Å². The number of rotatable bonds is 3. The molecule has 0 saturated heterocycles. The van der Waals surface area contributed by atoms with Crippen LogP contribution in [0.4, 0.5) is 10.1 Å². The van der Waals surface area contributed by atoms with E-state index in [1.54, 1.807) is 18.3 Å². The maximum atomic E-state index is 13.8. The van der Waals surface area contributed by atoms with Gasteiger partial charge in [0.1, 0.15) is 10.8 Å². The molecule has 1 aromatic carbocycles. The van der Waals surface area contributed by atoms with Crippen LogP contribution in [0.2, 0.25) is 0 Å². The minimum Gasteiger partial charge on any atom is -0.371 e. The number of aromatic nitrogens is 1. The van der Waals surface area contributed by atoms with Crippen LogP contribution in [-0.2, 0) is 5.54 Å². The highest BCUT2D eigenvalue weighted by molar-refractivity contribution is 7.09. The van der Waals surface area contributed by atoms with Crippen molar-refractivity contribution in [2.24, 2.45) is 0 Å². The van der Waals surface area contributed by atoms with Crippen LogP contribution < -0.4 is 5.32 Å². The fraction of sp³-hybridized carbons (Fsp3) is 0.231. The molecule has 0 bridgehead atoms. The Labute approximate surface area is 109 Å². The molecule has 2 rings (SSSR count). The third-order valence-corrected chi connectivity index (χ3v) is 3.61. The molecular formula is C13H12FN3S. The van der Waals surface area contributed by atoms with Gasteiger partial charge in [0.15, 0.2) is 0 Å². The van der Waals surface area contributed by atoms with Gasteiger partial charge in [0.2, 0.25) is 0 Å². The zero-order valence-corrected chi connectivity index (χ0v) is 10.9. The summed E-state index contributed by atoms with van der Waals surface area (Å²) in [4.78, 5) is 4.23. The number of hydrogen-bond acceptors (Lipinski definition) is 4. The molecular weight excluding hydrogens is 249 g/mol. The standard InChI is InChI=1S/C13H12FN3S/c1-13(2,12-16-5-6-18-12)17-11-4-3-9(8-15)7-10(11)14/h3-7,17H,1-2H3. The molecule has 2 aromatic rings. The highest BCUT2D eigenvalue weighted by Gasteiger charge is 2.24. The van der Waals surface area contributed by atoms with E-state index >= 15 is 0 Å².